The predicted molar refractivity (Wildman–Crippen MR) is 86.1 cm³/mol. The summed E-state index contributed by atoms with van der Waals surface area (Å²) in [5.74, 6) is 7.87. The summed E-state index contributed by atoms with van der Waals surface area (Å²) < 4.78 is 11.1. The first-order valence-electron chi connectivity index (χ1n) is 6.64. The van der Waals surface area contributed by atoms with Crippen LogP contribution in [0.3, 0.4) is 0 Å². The molecule has 0 amide bonds. The Morgan fingerprint density at radius 3 is 2.67 bits per heavy atom. The minimum atomic E-state index is 0.339. The van der Waals surface area contributed by atoms with Gasteiger partial charge in [-0.25, -0.2) is 0 Å². The molecular weight excluding hydrogens is 284 g/mol. The summed E-state index contributed by atoms with van der Waals surface area (Å²) in [5.41, 5.74) is 3.06. The van der Waals surface area contributed by atoms with E-state index < -0.39 is 0 Å². The van der Waals surface area contributed by atoms with Crippen molar-refractivity contribution in [1.82, 2.24) is 0 Å². The molecule has 2 nitrogen and oxygen atoms in total. The lowest BCUT2D eigenvalue weighted by Gasteiger charge is -2.11. The number of hydrogen-bond acceptors (Lipinski definition) is 2. The summed E-state index contributed by atoms with van der Waals surface area (Å²) >= 11 is 5.57. The third kappa shape index (κ3) is 4.18. The van der Waals surface area contributed by atoms with Gasteiger partial charge in [0.2, 0.25) is 0 Å². The summed E-state index contributed by atoms with van der Waals surface area (Å²) in [4.78, 5) is 0. The van der Waals surface area contributed by atoms with Gasteiger partial charge in [0.1, 0.15) is 18.1 Å². The van der Waals surface area contributed by atoms with Gasteiger partial charge in [-0.15, -0.1) is 11.6 Å². The van der Waals surface area contributed by atoms with E-state index in [2.05, 4.69) is 11.8 Å². The Bertz CT molecular complexity index is 668. The van der Waals surface area contributed by atoms with Crippen molar-refractivity contribution in [3.63, 3.8) is 0 Å². The summed E-state index contributed by atoms with van der Waals surface area (Å²) in [5, 5.41) is 0. The molecule has 0 spiro atoms. The zero-order valence-electron chi connectivity index (χ0n) is 12.2. The van der Waals surface area contributed by atoms with Crippen LogP contribution >= 0.6 is 11.6 Å². The van der Waals surface area contributed by atoms with Crippen molar-refractivity contribution < 1.29 is 9.47 Å². The van der Waals surface area contributed by atoms with Gasteiger partial charge in [-0.1, -0.05) is 30.0 Å². The van der Waals surface area contributed by atoms with Crippen LogP contribution in [0.5, 0.6) is 11.5 Å². The molecule has 2 rings (SSSR count). The van der Waals surface area contributed by atoms with Crippen molar-refractivity contribution in [3.8, 4) is 23.3 Å². The first-order valence-corrected chi connectivity index (χ1v) is 7.18. The average Bonchev–Trinajstić information content (AvgIpc) is 2.52. The van der Waals surface area contributed by atoms with Crippen LogP contribution in [0.1, 0.15) is 16.7 Å². The van der Waals surface area contributed by atoms with Gasteiger partial charge in [-0.05, 0) is 36.8 Å². The van der Waals surface area contributed by atoms with Gasteiger partial charge in [0.05, 0.1) is 13.0 Å². The molecule has 0 unspecified atom stereocenters. The maximum atomic E-state index is 5.82. The van der Waals surface area contributed by atoms with Crippen LogP contribution in [0.15, 0.2) is 42.5 Å². The third-order valence-corrected chi connectivity index (χ3v) is 3.21. The molecule has 0 aliphatic rings. The number of aryl methyl sites for hydroxylation is 1. The number of hydrogen-bond donors (Lipinski definition) is 0. The number of alkyl halides is 1. The Morgan fingerprint density at radius 2 is 1.95 bits per heavy atom. The van der Waals surface area contributed by atoms with E-state index in [0.717, 1.165) is 28.2 Å². The minimum Gasteiger partial charge on any atom is -0.496 e. The summed E-state index contributed by atoms with van der Waals surface area (Å²) in [6, 6.07) is 13.7. The first kappa shape index (κ1) is 15.3. The second kappa shape index (κ2) is 7.61. The van der Waals surface area contributed by atoms with E-state index in [0.29, 0.717) is 12.5 Å². The average molecular weight is 301 g/mol. The molecule has 0 aliphatic heterocycles. The Morgan fingerprint density at radius 1 is 1.14 bits per heavy atom. The van der Waals surface area contributed by atoms with Crippen LogP contribution in [0.25, 0.3) is 0 Å². The van der Waals surface area contributed by atoms with E-state index >= 15 is 0 Å². The molecule has 0 atom stereocenters. The molecule has 0 bridgehead atoms. The molecule has 0 radical (unpaired) electrons. The molecule has 2 aromatic carbocycles. The molecule has 0 aliphatic carbocycles. The Hall–Kier alpha value is -2.11. The highest BCUT2D eigenvalue weighted by molar-refractivity contribution is 6.19. The van der Waals surface area contributed by atoms with Crippen LogP contribution in [0.2, 0.25) is 0 Å². The third-order valence-electron chi connectivity index (χ3n) is 3.07. The van der Waals surface area contributed by atoms with Crippen molar-refractivity contribution in [1.29, 1.82) is 0 Å². The topological polar surface area (TPSA) is 18.5 Å². The number of rotatable bonds is 4. The summed E-state index contributed by atoms with van der Waals surface area (Å²) in [7, 11) is 1.66. The van der Waals surface area contributed by atoms with Crippen LogP contribution < -0.4 is 9.47 Å². The van der Waals surface area contributed by atoms with Crippen molar-refractivity contribution in [2.45, 2.75) is 13.5 Å². The highest BCUT2D eigenvalue weighted by Gasteiger charge is 2.04. The van der Waals surface area contributed by atoms with Crippen molar-refractivity contribution in [2.24, 2.45) is 0 Å². The summed E-state index contributed by atoms with van der Waals surface area (Å²) in [6.45, 7) is 2.48. The van der Waals surface area contributed by atoms with E-state index in [1.54, 1.807) is 7.11 Å². The van der Waals surface area contributed by atoms with Crippen molar-refractivity contribution in [2.75, 3.05) is 13.0 Å². The Kier molecular flexibility index (Phi) is 5.54. The molecule has 0 saturated heterocycles. The van der Waals surface area contributed by atoms with Crippen LogP contribution in [0, 0.1) is 18.8 Å². The van der Waals surface area contributed by atoms with E-state index in [1.165, 1.54) is 0 Å². The second-order valence-electron chi connectivity index (χ2n) is 4.51. The van der Waals surface area contributed by atoms with Gasteiger partial charge in [0, 0.05) is 11.1 Å². The lowest BCUT2D eigenvalue weighted by atomic mass is 10.1. The van der Waals surface area contributed by atoms with E-state index in [1.807, 2.05) is 49.4 Å². The quantitative estimate of drug-likeness (QED) is 0.623. The maximum absolute atomic E-state index is 5.82. The molecular formula is C18H17ClO2. The lowest BCUT2D eigenvalue weighted by molar-refractivity contribution is 0.296. The molecule has 0 aromatic heterocycles. The Balaban J connectivity index is 2.08. The minimum absolute atomic E-state index is 0.339. The van der Waals surface area contributed by atoms with Crippen molar-refractivity contribution >= 4 is 11.6 Å². The SMILES string of the molecule is COc1ccccc1COc1ccc(C#CCCl)c(C)c1. The fourth-order valence-electron chi connectivity index (χ4n) is 1.98. The molecule has 0 fully saturated rings. The fourth-order valence-corrected chi connectivity index (χ4v) is 2.04. The lowest BCUT2D eigenvalue weighted by Crippen LogP contribution is -1.99. The van der Waals surface area contributed by atoms with Gasteiger partial charge >= 0.3 is 0 Å². The van der Waals surface area contributed by atoms with Crippen LogP contribution in [-0.2, 0) is 6.61 Å². The van der Waals surface area contributed by atoms with E-state index in [4.69, 9.17) is 21.1 Å². The fraction of sp³-hybridized carbons (Fsp3) is 0.222. The normalized spacial score (nSPS) is 9.67. The van der Waals surface area contributed by atoms with Gasteiger partial charge in [-0.3, -0.25) is 0 Å². The zero-order chi connectivity index (χ0) is 15.1. The van der Waals surface area contributed by atoms with Crippen LogP contribution in [-0.4, -0.2) is 13.0 Å². The first-order chi connectivity index (χ1) is 10.2. The summed E-state index contributed by atoms with van der Waals surface area (Å²) in [6.07, 6.45) is 0. The molecule has 0 saturated carbocycles. The maximum Gasteiger partial charge on any atom is 0.125 e. The highest BCUT2D eigenvalue weighted by Crippen LogP contribution is 2.21. The predicted octanol–water partition coefficient (Wildman–Crippen LogP) is 4.17. The van der Waals surface area contributed by atoms with Gasteiger partial charge < -0.3 is 9.47 Å². The second-order valence-corrected chi connectivity index (χ2v) is 4.78. The molecule has 21 heavy (non-hydrogen) atoms. The number of benzene rings is 2. The molecule has 2 aromatic rings. The largest absolute Gasteiger partial charge is 0.496 e. The van der Waals surface area contributed by atoms with Crippen molar-refractivity contribution in [3.05, 3.63) is 59.2 Å². The number of halogens is 1. The smallest absolute Gasteiger partial charge is 0.125 e. The van der Waals surface area contributed by atoms with Gasteiger partial charge in [-0.2, -0.15) is 0 Å². The standard InChI is InChI=1S/C18H17ClO2/c1-14-12-17(10-9-15(14)7-5-11-19)21-13-16-6-3-4-8-18(16)20-2/h3-4,6,8-10,12H,11,13H2,1-2H3. The Labute approximate surface area is 130 Å². The van der Waals surface area contributed by atoms with E-state index in [-0.39, 0.29) is 0 Å². The van der Waals surface area contributed by atoms with E-state index in [9.17, 15) is 0 Å². The highest BCUT2D eigenvalue weighted by atomic mass is 35.5. The number of ether oxygens (including phenoxy) is 2. The molecule has 0 heterocycles. The number of methoxy groups -OCH3 is 1. The number of para-hydroxylation sites is 1. The van der Waals surface area contributed by atoms with Gasteiger partial charge in [0.25, 0.3) is 0 Å². The monoisotopic (exact) mass is 300 g/mol. The molecule has 108 valence electrons. The molecule has 3 heteroatoms. The van der Waals surface area contributed by atoms with Gasteiger partial charge in [0.15, 0.2) is 0 Å². The van der Waals surface area contributed by atoms with Crippen LogP contribution in [0.4, 0.5) is 0 Å². The zero-order valence-corrected chi connectivity index (χ0v) is 12.9. The molecule has 0 N–H and O–H groups in total.